The lowest BCUT2D eigenvalue weighted by molar-refractivity contribution is 0.0543. The first kappa shape index (κ1) is 13.6. The largest absolute Gasteiger partial charge is 0.443 e. The van der Waals surface area contributed by atoms with Crippen LogP contribution in [0.15, 0.2) is 18.3 Å². The van der Waals surface area contributed by atoms with E-state index >= 15 is 0 Å². The second-order valence-electron chi connectivity index (χ2n) is 4.83. The van der Waals surface area contributed by atoms with E-state index in [1.54, 1.807) is 12.3 Å². The molecule has 0 radical (unpaired) electrons. The summed E-state index contributed by atoms with van der Waals surface area (Å²) in [6.45, 7) is 5.46. The zero-order valence-electron chi connectivity index (χ0n) is 10.2. The van der Waals surface area contributed by atoms with Crippen molar-refractivity contribution in [1.29, 1.82) is 0 Å². The highest BCUT2D eigenvalue weighted by Gasteiger charge is 2.21. The minimum atomic E-state index is -0.544. The molecular formula is C12H12ClIN2O2. The van der Waals surface area contributed by atoms with E-state index in [-0.39, 0.29) is 0 Å². The molecule has 18 heavy (non-hydrogen) atoms. The van der Waals surface area contributed by atoms with Crippen molar-refractivity contribution in [2.45, 2.75) is 26.4 Å². The van der Waals surface area contributed by atoms with Crippen molar-refractivity contribution < 1.29 is 9.53 Å². The average molecular weight is 379 g/mol. The van der Waals surface area contributed by atoms with Gasteiger partial charge in [0.05, 0.1) is 0 Å². The van der Waals surface area contributed by atoms with Gasteiger partial charge in [0.15, 0.2) is 5.65 Å². The van der Waals surface area contributed by atoms with Crippen molar-refractivity contribution in [3.63, 3.8) is 0 Å². The van der Waals surface area contributed by atoms with Crippen molar-refractivity contribution in [2.24, 2.45) is 0 Å². The summed E-state index contributed by atoms with van der Waals surface area (Å²) >= 11 is 8.01. The van der Waals surface area contributed by atoms with Gasteiger partial charge in [-0.1, -0.05) is 11.6 Å². The molecule has 2 aromatic rings. The third-order valence-electron chi connectivity index (χ3n) is 2.16. The summed E-state index contributed by atoms with van der Waals surface area (Å²) in [5.41, 5.74) is -0.0290. The highest BCUT2D eigenvalue weighted by molar-refractivity contribution is 14.1. The Balaban J connectivity index is 2.51. The van der Waals surface area contributed by atoms with Crippen LogP contribution in [0.25, 0.3) is 11.0 Å². The van der Waals surface area contributed by atoms with Gasteiger partial charge in [-0.3, -0.25) is 0 Å². The van der Waals surface area contributed by atoms with Crippen LogP contribution in [0.3, 0.4) is 0 Å². The zero-order valence-corrected chi connectivity index (χ0v) is 13.1. The number of fused-ring (bicyclic) bond motifs is 1. The molecule has 0 aliphatic rings. The number of carbonyl (C=O) groups is 1. The number of aromatic nitrogens is 2. The number of ether oxygens (including phenoxy) is 1. The molecule has 0 aromatic carbocycles. The molecule has 2 aromatic heterocycles. The minimum absolute atomic E-state index is 0.349. The number of hydrogen-bond acceptors (Lipinski definition) is 3. The van der Waals surface area contributed by atoms with E-state index in [1.165, 1.54) is 4.57 Å². The third kappa shape index (κ3) is 2.77. The molecule has 0 saturated carbocycles. The highest BCUT2D eigenvalue weighted by Crippen LogP contribution is 2.24. The Kier molecular flexibility index (Phi) is 3.55. The predicted octanol–water partition coefficient (Wildman–Crippen LogP) is 4.08. The third-order valence-corrected chi connectivity index (χ3v) is 3.23. The maximum absolute atomic E-state index is 12.1. The lowest BCUT2D eigenvalue weighted by Crippen LogP contribution is -2.26. The van der Waals surface area contributed by atoms with Gasteiger partial charge < -0.3 is 4.74 Å². The fourth-order valence-electron chi connectivity index (χ4n) is 1.49. The summed E-state index contributed by atoms with van der Waals surface area (Å²) in [6, 6.07) is 3.54. The standard InChI is InChI=1S/C12H12ClIN2O2/c1-12(2,3)18-11(17)16-6-8(14)7-4-5-9(13)15-10(7)16/h4-6H,1-3H3. The average Bonchev–Trinajstić information content (AvgIpc) is 2.53. The first-order valence-electron chi connectivity index (χ1n) is 5.34. The summed E-state index contributed by atoms with van der Waals surface area (Å²) in [6.07, 6.45) is 1.24. The molecule has 0 amide bonds. The van der Waals surface area contributed by atoms with Crippen LogP contribution in [-0.4, -0.2) is 21.2 Å². The Morgan fingerprint density at radius 1 is 1.44 bits per heavy atom. The van der Waals surface area contributed by atoms with E-state index in [4.69, 9.17) is 16.3 Å². The number of pyridine rings is 1. The molecule has 0 fully saturated rings. The molecule has 0 saturated heterocycles. The van der Waals surface area contributed by atoms with Gasteiger partial charge in [0, 0.05) is 15.2 Å². The fourth-order valence-corrected chi connectivity index (χ4v) is 2.33. The number of rotatable bonds is 0. The van der Waals surface area contributed by atoms with Crippen molar-refractivity contribution >= 4 is 51.3 Å². The van der Waals surface area contributed by atoms with Gasteiger partial charge >= 0.3 is 6.09 Å². The van der Waals surface area contributed by atoms with Crippen LogP contribution >= 0.6 is 34.2 Å². The van der Waals surface area contributed by atoms with Gasteiger partial charge in [-0.05, 0) is 55.5 Å². The van der Waals surface area contributed by atoms with E-state index in [0.717, 1.165) is 8.96 Å². The molecule has 6 heteroatoms. The van der Waals surface area contributed by atoms with Crippen molar-refractivity contribution in [2.75, 3.05) is 0 Å². The topological polar surface area (TPSA) is 44.1 Å². The van der Waals surface area contributed by atoms with Crippen LogP contribution in [0, 0.1) is 3.57 Å². The first-order chi connectivity index (χ1) is 8.28. The Morgan fingerprint density at radius 2 is 2.11 bits per heavy atom. The molecule has 0 N–H and O–H groups in total. The number of halogens is 2. The zero-order chi connectivity index (χ0) is 13.5. The molecule has 0 aliphatic carbocycles. The Hall–Kier alpha value is -0.820. The van der Waals surface area contributed by atoms with Crippen molar-refractivity contribution in [3.8, 4) is 0 Å². The normalized spacial score (nSPS) is 11.8. The molecule has 0 bridgehead atoms. The van der Waals surface area contributed by atoms with Crippen LogP contribution < -0.4 is 0 Å². The van der Waals surface area contributed by atoms with Crippen LogP contribution in [-0.2, 0) is 4.74 Å². The van der Waals surface area contributed by atoms with Crippen molar-refractivity contribution in [3.05, 3.63) is 27.1 Å². The molecule has 2 heterocycles. The van der Waals surface area contributed by atoms with E-state index in [1.807, 2.05) is 26.8 Å². The van der Waals surface area contributed by atoms with E-state index in [2.05, 4.69) is 27.6 Å². The van der Waals surface area contributed by atoms with Gasteiger partial charge in [-0.2, -0.15) is 0 Å². The molecule has 4 nitrogen and oxygen atoms in total. The maximum Gasteiger partial charge on any atom is 0.420 e. The Labute approximate surface area is 123 Å². The monoisotopic (exact) mass is 378 g/mol. The quantitative estimate of drug-likeness (QED) is 0.512. The summed E-state index contributed by atoms with van der Waals surface area (Å²) in [7, 11) is 0. The van der Waals surface area contributed by atoms with Gasteiger partial charge in [0.25, 0.3) is 0 Å². The lowest BCUT2D eigenvalue weighted by atomic mass is 10.2. The van der Waals surface area contributed by atoms with E-state index in [9.17, 15) is 4.79 Å². The number of carbonyl (C=O) groups excluding carboxylic acids is 1. The minimum Gasteiger partial charge on any atom is -0.443 e. The molecule has 0 unspecified atom stereocenters. The number of hydrogen-bond donors (Lipinski definition) is 0. The van der Waals surface area contributed by atoms with Gasteiger partial charge in [0.2, 0.25) is 0 Å². The second-order valence-corrected chi connectivity index (χ2v) is 6.38. The Bertz CT molecular complexity index is 616. The van der Waals surface area contributed by atoms with Crippen molar-refractivity contribution in [1.82, 2.24) is 9.55 Å². The maximum atomic E-state index is 12.1. The SMILES string of the molecule is CC(C)(C)OC(=O)n1cc(I)c2ccc(Cl)nc21. The molecule has 0 aliphatic heterocycles. The lowest BCUT2D eigenvalue weighted by Gasteiger charge is -2.19. The van der Waals surface area contributed by atoms with Gasteiger partial charge in [0.1, 0.15) is 10.8 Å². The smallest absolute Gasteiger partial charge is 0.420 e. The summed E-state index contributed by atoms with van der Waals surface area (Å²) < 4.78 is 7.63. The van der Waals surface area contributed by atoms with Crippen LogP contribution in [0.5, 0.6) is 0 Å². The predicted molar refractivity (Wildman–Crippen MR) is 79.1 cm³/mol. The van der Waals surface area contributed by atoms with Gasteiger partial charge in [-0.25, -0.2) is 14.3 Å². The molecule has 96 valence electrons. The van der Waals surface area contributed by atoms with Gasteiger partial charge in [-0.15, -0.1) is 0 Å². The van der Waals surface area contributed by atoms with E-state index < -0.39 is 11.7 Å². The molecular weight excluding hydrogens is 367 g/mol. The van der Waals surface area contributed by atoms with E-state index in [0.29, 0.717) is 10.8 Å². The summed E-state index contributed by atoms with van der Waals surface area (Å²) in [4.78, 5) is 16.2. The van der Waals surface area contributed by atoms with Crippen LogP contribution in [0.1, 0.15) is 20.8 Å². The summed E-state index contributed by atoms with van der Waals surface area (Å²) in [5, 5.41) is 1.23. The summed E-state index contributed by atoms with van der Waals surface area (Å²) in [5.74, 6) is 0. The molecule has 0 atom stereocenters. The van der Waals surface area contributed by atoms with Crippen LogP contribution in [0.2, 0.25) is 5.15 Å². The number of nitrogens with zero attached hydrogens (tertiary/aromatic N) is 2. The Morgan fingerprint density at radius 3 is 2.72 bits per heavy atom. The van der Waals surface area contributed by atoms with Crippen LogP contribution in [0.4, 0.5) is 4.79 Å². The highest BCUT2D eigenvalue weighted by atomic mass is 127. The fraction of sp³-hybridized carbons (Fsp3) is 0.333. The molecule has 2 rings (SSSR count). The second kappa shape index (κ2) is 4.70. The first-order valence-corrected chi connectivity index (χ1v) is 6.80. The molecule has 0 spiro atoms.